The first kappa shape index (κ1) is 11.0. The van der Waals surface area contributed by atoms with Crippen molar-refractivity contribution in [1.29, 1.82) is 0 Å². The van der Waals surface area contributed by atoms with Crippen molar-refractivity contribution in [1.82, 2.24) is 9.97 Å². The normalized spacial score (nSPS) is 11.1. The van der Waals surface area contributed by atoms with Crippen molar-refractivity contribution in [3.8, 4) is 11.1 Å². The minimum absolute atomic E-state index is 0.649. The third-order valence-electron chi connectivity index (χ3n) is 3.27. The Morgan fingerprint density at radius 2 is 1.94 bits per heavy atom. The maximum Gasteiger partial charge on any atom is 0.198 e. The van der Waals surface area contributed by atoms with Crippen LogP contribution in [0, 0.1) is 20.8 Å². The van der Waals surface area contributed by atoms with Crippen LogP contribution in [0.4, 0.5) is 0 Å². The second-order valence-electron chi connectivity index (χ2n) is 4.53. The first-order valence-electron chi connectivity index (χ1n) is 5.95. The number of aryl methyl sites for hydroxylation is 2. The highest BCUT2D eigenvalue weighted by atomic mass is 16.3. The maximum absolute atomic E-state index is 5.53. The van der Waals surface area contributed by atoms with Gasteiger partial charge in [0, 0.05) is 18.7 Å². The highest BCUT2D eigenvalue weighted by Crippen LogP contribution is 2.27. The zero-order valence-corrected chi connectivity index (χ0v) is 10.7. The lowest BCUT2D eigenvalue weighted by atomic mass is 9.98. The molecule has 3 rings (SSSR count). The van der Waals surface area contributed by atoms with E-state index < -0.39 is 0 Å². The van der Waals surface area contributed by atoms with Gasteiger partial charge in [0.15, 0.2) is 17.1 Å². The predicted octanol–water partition coefficient (Wildman–Crippen LogP) is 3.82. The van der Waals surface area contributed by atoms with E-state index in [2.05, 4.69) is 42.0 Å². The van der Waals surface area contributed by atoms with E-state index in [0.29, 0.717) is 11.5 Å². The fourth-order valence-electron chi connectivity index (χ4n) is 2.14. The lowest BCUT2D eigenvalue weighted by molar-refractivity contribution is 0.561. The largest absolute Gasteiger partial charge is 0.439 e. The molecule has 1 aromatic carbocycles. The molecule has 0 N–H and O–H groups in total. The molecule has 0 saturated heterocycles. The zero-order chi connectivity index (χ0) is 12.7. The van der Waals surface area contributed by atoms with Gasteiger partial charge in [0.2, 0.25) is 0 Å². The van der Waals surface area contributed by atoms with Crippen molar-refractivity contribution in [3.63, 3.8) is 0 Å². The lowest BCUT2D eigenvalue weighted by Gasteiger charge is -2.07. The molecule has 0 amide bonds. The van der Waals surface area contributed by atoms with E-state index in [9.17, 15) is 0 Å². The van der Waals surface area contributed by atoms with Crippen LogP contribution in [0.3, 0.4) is 0 Å². The summed E-state index contributed by atoms with van der Waals surface area (Å²) in [5, 5.41) is 0. The smallest absolute Gasteiger partial charge is 0.198 e. The Hall–Kier alpha value is -2.16. The van der Waals surface area contributed by atoms with Crippen LogP contribution in [0.25, 0.3) is 22.4 Å². The molecule has 3 aromatic rings. The predicted molar refractivity (Wildman–Crippen MR) is 71.5 cm³/mol. The minimum Gasteiger partial charge on any atom is -0.439 e. The Labute approximate surface area is 105 Å². The maximum atomic E-state index is 5.53. The van der Waals surface area contributed by atoms with Gasteiger partial charge in [-0.25, -0.2) is 4.98 Å². The van der Waals surface area contributed by atoms with Crippen LogP contribution in [0.5, 0.6) is 0 Å². The monoisotopic (exact) mass is 238 g/mol. The summed E-state index contributed by atoms with van der Waals surface area (Å²) in [5.74, 6) is 0.649. The highest BCUT2D eigenvalue weighted by molar-refractivity contribution is 5.77. The van der Waals surface area contributed by atoms with E-state index in [4.69, 9.17) is 4.42 Å². The van der Waals surface area contributed by atoms with Crippen molar-refractivity contribution in [2.75, 3.05) is 0 Å². The Morgan fingerprint density at radius 3 is 2.78 bits per heavy atom. The van der Waals surface area contributed by atoms with Crippen molar-refractivity contribution in [2.24, 2.45) is 0 Å². The number of aromatic nitrogens is 2. The molecule has 2 aromatic heterocycles. The number of benzene rings is 1. The van der Waals surface area contributed by atoms with Gasteiger partial charge in [-0.2, -0.15) is 4.98 Å². The van der Waals surface area contributed by atoms with Crippen LogP contribution < -0.4 is 0 Å². The van der Waals surface area contributed by atoms with E-state index in [-0.39, 0.29) is 0 Å². The molecule has 0 saturated carbocycles. The van der Waals surface area contributed by atoms with Crippen LogP contribution in [0.1, 0.15) is 17.0 Å². The Bertz CT molecular complexity index is 728. The van der Waals surface area contributed by atoms with Crippen molar-refractivity contribution in [2.45, 2.75) is 20.8 Å². The first-order chi connectivity index (χ1) is 8.65. The Morgan fingerprint density at radius 1 is 1.11 bits per heavy atom. The summed E-state index contributed by atoms with van der Waals surface area (Å²) < 4.78 is 5.53. The average Bonchev–Trinajstić information content (AvgIpc) is 2.71. The second kappa shape index (κ2) is 3.95. The van der Waals surface area contributed by atoms with E-state index in [1.54, 1.807) is 0 Å². The summed E-state index contributed by atoms with van der Waals surface area (Å²) in [6.07, 6.45) is 1.85. The molecule has 90 valence electrons. The minimum atomic E-state index is 0.649. The molecule has 0 fully saturated rings. The van der Waals surface area contributed by atoms with Gasteiger partial charge >= 0.3 is 0 Å². The summed E-state index contributed by atoms with van der Waals surface area (Å²) in [6, 6.07) is 8.29. The molecular weight excluding hydrogens is 224 g/mol. The van der Waals surface area contributed by atoms with E-state index >= 15 is 0 Å². The molecule has 0 aliphatic heterocycles. The molecule has 18 heavy (non-hydrogen) atoms. The number of rotatable bonds is 1. The van der Waals surface area contributed by atoms with Gasteiger partial charge in [0.1, 0.15) is 0 Å². The second-order valence-corrected chi connectivity index (χ2v) is 4.53. The number of hydrogen-bond acceptors (Lipinski definition) is 3. The van der Waals surface area contributed by atoms with Gasteiger partial charge in [-0.1, -0.05) is 18.2 Å². The number of pyridine rings is 1. The molecule has 0 bridgehead atoms. The first-order valence-corrected chi connectivity index (χ1v) is 5.95. The molecular formula is C15H14N2O. The number of hydrogen-bond donors (Lipinski definition) is 0. The Balaban J connectivity index is 2.22. The summed E-state index contributed by atoms with van der Waals surface area (Å²) in [5.41, 5.74) is 6.22. The number of fused-ring (bicyclic) bond motifs is 1. The molecule has 0 spiro atoms. The van der Waals surface area contributed by atoms with E-state index in [0.717, 1.165) is 11.1 Å². The van der Waals surface area contributed by atoms with Gasteiger partial charge in [-0.3, -0.25) is 0 Å². The number of oxazole rings is 1. The van der Waals surface area contributed by atoms with Crippen molar-refractivity contribution in [3.05, 3.63) is 47.5 Å². The van der Waals surface area contributed by atoms with Crippen molar-refractivity contribution < 1.29 is 4.42 Å². The summed E-state index contributed by atoms with van der Waals surface area (Å²) in [4.78, 5) is 8.55. The molecule has 0 aliphatic carbocycles. The third-order valence-corrected chi connectivity index (χ3v) is 3.27. The average molecular weight is 238 g/mol. The number of nitrogens with zero attached hydrogens (tertiary/aromatic N) is 2. The quantitative estimate of drug-likeness (QED) is 0.647. The fraction of sp³-hybridized carbons (Fsp3) is 0.200. The Kier molecular flexibility index (Phi) is 2.40. The van der Waals surface area contributed by atoms with Crippen LogP contribution in [-0.4, -0.2) is 9.97 Å². The molecule has 0 aliphatic rings. The SMILES string of the molecule is Cc1nc2ncc(-c3cccc(C)c3C)cc2o1. The fourth-order valence-corrected chi connectivity index (χ4v) is 2.14. The third kappa shape index (κ3) is 1.68. The molecule has 3 heteroatoms. The summed E-state index contributed by atoms with van der Waals surface area (Å²) in [6.45, 7) is 6.07. The van der Waals surface area contributed by atoms with Gasteiger partial charge in [0.05, 0.1) is 0 Å². The lowest BCUT2D eigenvalue weighted by Crippen LogP contribution is -1.88. The molecule has 2 heterocycles. The molecule has 0 unspecified atom stereocenters. The van der Waals surface area contributed by atoms with Crippen LogP contribution in [-0.2, 0) is 0 Å². The summed E-state index contributed by atoms with van der Waals surface area (Å²) >= 11 is 0. The van der Waals surface area contributed by atoms with Crippen LogP contribution in [0.15, 0.2) is 34.9 Å². The molecule has 0 atom stereocenters. The topological polar surface area (TPSA) is 38.9 Å². The van der Waals surface area contributed by atoms with Crippen LogP contribution >= 0.6 is 0 Å². The van der Waals surface area contributed by atoms with E-state index in [1.165, 1.54) is 16.7 Å². The summed E-state index contributed by atoms with van der Waals surface area (Å²) in [7, 11) is 0. The molecule has 0 radical (unpaired) electrons. The van der Waals surface area contributed by atoms with Gasteiger partial charge in [0.25, 0.3) is 0 Å². The zero-order valence-electron chi connectivity index (χ0n) is 10.7. The van der Waals surface area contributed by atoms with Gasteiger partial charge < -0.3 is 4.42 Å². The van der Waals surface area contributed by atoms with Crippen molar-refractivity contribution >= 4 is 11.2 Å². The van der Waals surface area contributed by atoms with E-state index in [1.807, 2.05) is 19.2 Å². The van der Waals surface area contributed by atoms with Gasteiger partial charge in [-0.15, -0.1) is 0 Å². The van der Waals surface area contributed by atoms with Gasteiger partial charge in [-0.05, 0) is 36.6 Å². The highest BCUT2D eigenvalue weighted by Gasteiger charge is 2.08. The van der Waals surface area contributed by atoms with Crippen LogP contribution in [0.2, 0.25) is 0 Å². The molecule has 3 nitrogen and oxygen atoms in total. The standard InChI is InChI=1S/C15H14N2O/c1-9-5-4-6-13(10(9)2)12-7-14-15(16-8-12)17-11(3)18-14/h4-8H,1-3H3.